The van der Waals surface area contributed by atoms with Crippen LogP contribution in [0.3, 0.4) is 0 Å². The van der Waals surface area contributed by atoms with Gasteiger partial charge in [-0.05, 0) is 37.8 Å². The highest BCUT2D eigenvalue weighted by Crippen LogP contribution is 2.40. The summed E-state index contributed by atoms with van der Waals surface area (Å²) in [5, 5.41) is 9.76. The summed E-state index contributed by atoms with van der Waals surface area (Å²) in [6, 6.07) is 11.1. The highest BCUT2D eigenvalue weighted by molar-refractivity contribution is 5.92. The average Bonchev–Trinajstić information content (AvgIpc) is 3.39. The molecule has 2 N–H and O–H groups in total. The van der Waals surface area contributed by atoms with Gasteiger partial charge in [-0.15, -0.1) is 0 Å². The number of benzene rings is 1. The maximum atomic E-state index is 12.3. The zero-order valence-corrected chi connectivity index (χ0v) is 14.5. The molecule has 1 aromatic carbocycles. The van der Waals surface area contributed by atoms with Gasteiger partial charge in [-0.25, -0.2) is 4.79 Å². The van der Waals surface area contributed by atoms with Crippen molar-refractivity contribution in [3.8, 4) is 0 Å². The van der Waals surface area contributed by atoms with Gasteiger partial charge in [0, 0.05) is 36.8 Å². The van der Waals surface area contributed by atoms with E-state index in [0.29, 0.717) is 24.7 Å². The summed E-state index contributed by atoms with van der Waals surface area (Å²) in [7, 11) is 0. The predicted octanol–water partition coefficient (Wildman–Crippen LogP) is 2.98. The largest absolute Gasteiger partial charge is 0.360 e. The van der Waals surface area contributed by atoms with E-state index in [-0.39, 0.29) is 18.0 Å². The van der Waals surface area contributed by atoms with E-state index in [0.717, 1.165) is 37.1 Å². The summed E-state index contributed by atoms with van der Waals surface area (Å²) in [6.07, 6.45) is 3.67. The maximum absolute atomic E-state index is 12.3. The summed E-state index contributed by atoms with van der Waals surface area (Å²) in [6.45, 7) is 1.21. The molecule has 1 aromatic heterocycles. The first kappa shape index (κ1) is 16.6. The number of urea groups is 1. The van der Waals surface area contributed by atoms with E-state index in [1.165, 1.54) is 0 Å². The highest BCUT2D eigenvalue weighted by atomic mass is 16.5. The van der Waals surface area contributed by atoms with Crippen molar-refractivity contribution in [3.63, 3.8) is 0 Å². The fourth-order valence-electron chi connectivity index (χ4n) is 3.17. The molecule has 0 atom stereocenters. The summed E-state index contributed by atoms with van der Waals surface area (Å²) >= 11 is 0. The Hall–Kier alpha value is -2.83. The van der Waals surface area contributed by atoms with Crippen LogP contribution < -0.4 is 10.6 Å². The van der Waals surface area contributed by atoms with Crippen LogP contribution in [-0.2, 0) is 0 Å². The van der Waals surface area contributed by atoms with Gasteiger partial charge >= 0.3 is 6.03 Å². The molecule has 1 saturated carbocycles. The van der Waals surface area contributed by atoms with Gasteiger partial charge in [0.2, 0.25) is 0 Å². The minimum absolute atomic E-state index is 0.0457. The molecule has 1 aliphatic carbocycles. The first-order valence-corrected chi connectivity index (χ1v) is 9.07. The monoisotopic (exact) mass is 354 g/mol. The summed E-state index contributed by atoms with van der Waals surface area (Å²) in [5.41, 5.74) is 1.13. The van der Waals surface area contributed by atoms with Crippen LogP contribution >= 0.6 is 0 Å². The van der Waals surface area contributed by atoms with Crippen molar-refractivity contribution < 1.29 is 14.1 Å². The van der Waals surface area contributed by atoms with Crippen molar-refractivity contribution >= 4 is 17.6 Å². The van der Waals surface area contributed by atoms with E-state index in [1.54, 1.807) is 11.0 Å². The van der Waals surface area contributed by atoms with Gasteiger partial charge in [-0.3, -0.25) is 4.79 Å². The molecular weight excluding hydrogens is 332 g/mol. The molecule has 0 radical (unpaired) electrons. The van der Waals surface area contributed by atoms with Crippen molar-refractivity contribution in [2.75, 3.05) is 18.4 Å². The first-order valence-electron chi connectivity index (χ1n) is 9.07. The van der Waals surface area contributed by atoms with Crippen molar-refractivity contribution in [2.24, 2.45) is 0 Å². The van der Waals surface area contributed by atoms with Gasteiger partial charge in [0.25, 0.3) is 5.91 Å². The third kappa shape index (κ3) is 3.87. The topological polar surface area (TPSA) is 87.5 Å². The standard InChI is InChI=1S/C19H22N4O3/c24-18(16-12-17(26-22-16)13-6-7-13)20-15-8-10-23(11-9-15)19(25)21-14-4-2-1-3-5-14/h1-5,12-13,15H,6-11H2,(H,20,24)(H,21,25). The Bertz CT molecular complexity index is 777. The fourth-order valence-corrected chi connectivity index (χ4v) is 3.17. The summed E-state index contributed by atoms with van der Waals surface area (Å²) in [5.74, 6) is 1.05. The van der Waals surface area contributed by atoms with Crippen LogP contribution in [0.25, 0.3) is 0 Å². The van der Waals surface area contributed by atoms with Crippen LogP contribution in [0.4, 0.5) is 10.5 Å². The molecule has 2 aliphatic rings. The molecule has 2 fully saturated rings. The second kappa shape index (κ2) is 7.19. The van der Waals surface area contributed by atoms with E-state index in [4.69, 9.17) is 4.52 Å². The molecule has 2 aromatic rings. The van der Waals surface area contributed by atoms with Crippen molar-refractivity contribution in [1.29, 1.82) is 0 Å². The van der Waals surface area contributed by atoms with Crippen molar-refractivity contribution in [1.82, 2.24) is 15.4 Å². The van der Waals surface area contributed by atoms with Crippen molar-refractivity contribution in [3.05, 3.63) is 47.9 Å². The molecule has 1 aliphatic heterocycles. The number of likely N-dealkylation sites (tertiary alicyclic amines) is 1. The normalized spacial score (nSPS) is 17.8. The van der Waals surface area contributed by atoms with Crippen molar-refractivity contribution in [2.45, 2.75) is 37.6 Å². The Labute approximate surface area is 151 Å². The number of amides is 3. The molecule has 0 unspecified atom stereocenters. The molecule has 26 heavy (non-hydrogen) atoms. The number of para-hydroxylation sites is 1. The minimum atomic E-state index is -0.201. The molecule has 0 bridgehead atoms. The minimum Gasteiger partial charge on any atom is -0.360 e. The Morgan fingerprint density at radius 1 is 1.08 bits per heavy atom. The smallest absolute Gasteiger partial charge is 0.321 e. The molecule has 136 valence electrons. The third-order valence-electron chi connectivity index (χ3n) is 4.88. The molecule has 1 saturated heterocycles. The van der Waals surface area contributed by atoms with Gasteiger partial charge in [-0.1, -0.05) is 23.4 Å². The number of hydrogen-bond acceptors (Lipinski definition) is 4. The number of rotatable bonds is 4. The lowest BCUT2D eigenvalue weighted by Gasteiger charge is -2.32. The van der Waals surface area contributed by atoms with Gasteiger partial charge < -0.3 is 20.1 Å². The van der Waals surface area contributed by atoms with Gasteiger partial charge in [-0.2, -0.15) is 0 Å². The number of aromatic nitrogens is 1. The number of piperidine rings is 1. The third-order valence-corrected chi connectivity index (χ3v) is 4.88. The number of carbonyl (C=O) groups excluding carboxylic acids is 2. The van der Waals surface area contributed by atoms with Gasteiger partial charge in [0.15, 0.2) is 5.69 Å². The zero-order chi connectivity index (χ0) is 17.9. The zero-order valence-electron chi connectivity index (χ0n) is 14.5. The van der Waals surface area contributed by atoms with E-state index in [1.807, 2.05) is 30.3 Å². The average molecular weight is 354 g/mol. The van der Waals surface area contributed by atoms with Crippen LogP contribution in [0.2, 0.25) is 0 Å². The number of hydrogen-bond donors (Lipinski definition) is 2. The first-order chi connectivity index (χ1) is 12.7. The van der Waals surface area contributed by atoms with Crippen LogP contribution in [0.1, 0.15) is 47.8 Å². The van der Waals surface area contributed by atoms with Crippen LogP contribution in [0, 0.1) is 0 Å². The number of carbonyl (C=O) groups is 2. The number of nitrogens with zero attached hydrogens (tertiary/aromatic N) is 2. The van der Waals surface area contributed by atoms with Crippen LogP contribution in [0.5, 0.6) is 0 Å². The lowest BCUT2D eigenvalue weighted by Crippen LogP contribution is -2.47. The van der Waals surface area contributed by atoms with E-state index < -0.39 is 0 Å². The predicted molar refractivity (Wildman–Crippen MR) is 96.0 cm³/mol. The second-order valence-electron chi connectivity index (χ2n) is 6.92. The van der Waals surface area contributed by atoms with E-state index in [9.17, 15) is 9.59 Å². The van der Waals surface area contributed by atoms with E-state index >= 15 is 0 Å². The van der Waals surface area contributed by atoms with Gasteiger partial charge in [0.1, 0.15) is 5.76 Å². The number of anilines is 1. The Morgan fingerprint density at radius 2 is 1.81 bits per heavy atom. The summed E-state index contributed by atoms with van der Waals surface area (Å²) < 4.78 is 5.23. The SMILES string of the molecule is O=C(NC1CCN(C(=O)Nc2ccccc2)CC1)c1cc(C2CC2)on1. The van der Waals surface area contributed by atoms with Crippen LogP contribution in [0.15, 0.2) is 40.9 Å². The van der Waals surface area contributed by atoms with E-state index in [2.05, 4.69) is 15.8 Å². The maximum Gasteiger partial charge on any atom is 0.321 e. The lowest BCUT2D eigenvalue weighted by atomic mass is 10.1. The Morgan fingerprint density at radius 3 is 2.50 bits per heavy atom. The quantitative estimate of drug-likeness (QED) is 0.884. The molecule has 7 heteroatoms. The number of nitrogens with one attached hydrogen (secondary N) is 2. The Kier molecular flexibility index (Phi) is 4.60. The lowest BCUT2D eigenvalue weighted by molar-refractivity contribution is 0.0910. The molecule has 7 nitrogen and oxygen atoms in total. The summed E-state index contributed by atoms with van der Waals surface area (Å²) in [4.78, 5) is 26.4. The molecule has 0 spiro atoms. The van der Waals surface area contributed by atoms with Crippen LogP contribution in [-0.4, -0.2) is 41.1 Å². The fraction of sp³-hybridized carbons (Fsp3) is 0.421. The second-order valence-corrected chi connectivity index (χ2v) is 6.92. The molecular formula is C19H22N4O3. The molecule has 2 heterocycles. The molecule has 4 rings (SSSR count). The highest BCUT2D eigenvalue weighted by Gasteiger charge is 2.30. The molecule has 3 amide bonds. The van der Waals surface area contributed by atoms with Gasteiger partial charge in [0.05, 0.1) is 0 Å². The Balaban J connectivity index is 1.25.